The number of methoxy groups -OCH3 is 1. The van der Waals surface area contributed by atoms with Gasteiger partial charge in [0.1, 0.15) is 0 Å². The maximum absolute atomic E-state index is 11.3. The van der Waals surface area contributed by atoms with Gasteiger partial charge in [0.2, 0.25) is 0 Å². The molecule has 0 bridgehead atoms. The molecule has 0 aliphatic rings. The molecule has 0 amide bonds. The summed E-state index contributed by atoms with van der Waals surface area (Å²) in [6, 6.07) is 0. The van der Waals surface area contributed by atoms with E-state index in [0.29, 0.717) is 17.9 Å². The highest BCUT2D eigenvalue weighted by Crippen LogP contribution is 2.21. The van der Waals surface area contributed by atoms with Crippen LogP contribution in [-0.4, -0.2) is 13.1 Å². The van der Waals surface area contributed by atoms with E-state index in [1.165, 1.54) is 7.11 Å². The van der Waals surface area contributed by atoms with Crippen LogP contribution in [0.4, 0.5) is 0 Å². The van der Waals surface area contributed by atoms with Gasteiger partial charge in [-0.05, 0) is 32.6 Å². The van der Waals surface area contributed by atoms with Gasteiger partial charge in [0.05, 0.1) is 12.7 Å². The van der Waals surface area contributed by atoms with E-state index >= 15 is 0 Å². The summed E-state index contributed by atoms with van der Waals surface area (Å²) in [6.45, 7) is 11.3. The average Bonchev–Trinajstić information content (AvgIpc) is 2.32. The molecule has 0 heterocycles. The van der Waals surface area contributed by atoms with Crippen LogP contribution in [0.25, 0.3) is 0 Å². The second-order valence-corrected chi connectivity index (χ2v) is 3.86. The molecule has 1 atom stereocenters. The van der Waals surface area contributed by atoms with Gasteiger partial charge in [-0.3, -0.25) is 0 Å². The highest BCUT2D eigenvalue weighted by atomic mass is 16.5. The van der Waals surface area contributed by atoms with Crippen molar-refractivity contribution in [2.75, 3.05) is 7.11 Å². The highest BCUT2D eigenvalue weighted by molar-refractivity contribution is 5.87. The molecular weight excluding hydrogens is 212 g/mol. The van der Waals surface area contributed by atoms with Gasteiger partial charge >= 0.3 is 5.97 Å². The fourth-order valence-electron chi connectivity index (χ4n) is 1.45. The van der Waals surface area contributed by atoms with Crippen molar-refractivity contribution in [3.8, 4) is 11.8 Å². The van der Waals surface area contributed by atoms with E-state index < -0.39 is 0 Å². The molecule has 0 saturated carbocycles. The molecule has 0 aromatic heterocycles. The number of hydrogen-bond donors (Lipinski definition) is 0. The summed E-state index contributed by atoms with van der Waals surface area (Å²) in [5, 5.41) is 0. The Bertz CT molecular complexity index is 387. The summed E-state index contributed by atoms with van der Waals surface area (Å²) < 4.78 is 4.65. The number of carbonyl (C=O) groups excluding carboxylic acids is 1. The van der Waals surface area contributed by atoms with Crippen LogP contribution in [0.3, 0.4) is 0 Å². The van der Waals surface area contributed by atoms with Gasteiger partial charge < -0.3 is 4.74 Å². The van der Waals surface area contributed by atoms with Gasteiger partial charge in [-0.2, -0.15) is 0 Å². The lowest BCUT2D eigenvalue weighted by atomic mass is 9.91. The van der Waals surface area contributed by atoms with Crippen LogP contribution in [-0.2, 0) is 9.53 Å². The maximum atomic E-state index is 11.3. The molecule has 2 nitrogen and oxygen atoms in total. The summed E-state index contributed by atoms with van der Waals surface area (Å²) in [7, 11) is 1.36. The van der Waals surface area contributed by atoms with Crippen molar-refractivity contribution in [1.82, 2.24) is 0 Å². The Kier molecular flexibility index (Phi) is 7.59. The van der Waals surface area contributed by atoms with Crippen molar-refractivity contribution in [3.63, 3.8) is 0 Å². The molecule has 17 heavy (non-hydrogen) atoms. The van der Waals surface area contributed by atoms with Crippen molar-refractivity contribution in [3.05, 3.63) is 30.0 Å². The minimum Gasteiger partial charge on any atom is -0.465 e. The molecule has 0 saturated heterocycles. The predicted molar refractivity (Wildman–Crippen MR) is 70.3 cm³/mol. The molecule has 0 unspecified atom stereocenters. The number of allylic oxidation sites excluding steroid dienone is 1. The van der Waals surface area contributed by atoms with E-state index in [1.807, 2.05) is 13.8 Å². The number of esters is 1. The first-order valence-corrected chi connectivity index (χ1v) is 5.59. The quantitative estimate of drug-likeness (QED) is 0.231. The lowest BCUT2D eigenvalue weighted by Crippen LogP contribution is -2.07. The van der Waals surface area contributed by atoms with Gasteiger partial charge in [0.25, 0.3) is 0 Å². The minimum atomic E-state index is -0.359. The zero-order valence-electron chi connectivity index (χ0n) is 10.9. The van der Waals surface area contributed by atoms with Crippen molar-refractivity contribution in [1.29, 1.82) is 0 Å². The fraction of sp³-hybridized carbons (Fsp3) is 0.467. The molecule has 0 aliphatic heterocycles. The highest BCUT2D eigenvalue weighted by Gasteiger charge is 2.13. The van der Waals surface area contributed by atoms with E-state index in [0.717, 1.165) is 18.4 Å². The second kappa shape index (κ2) is 8.44. The van der Waals surface area contributed by atoms with Crippen molar-refractivity contribution in [2.24, 2.45) is 5.92 Å². The molecule has 92 valence electrons. The van der Waals surface area contributed by atoms with E-state index in [-0.39, 0.29) is 5.97 Å². The second-order valence-electron chi connectivity index (χ2n) is 3.86. The number of rotatable bonds is 6. The summed E-state index contributed by atoms with van der Waals surface area (Å²) in [4.78, 5) is 11.3. The molecular formula is C15H20O2. The molecule has 0 aliphatic carbocycles. The van der Waals surface area contributed by atoms with Crippen molar-refractivity contribution in [2.45, 2.75) is 33.1 Å². The van der Waals surface area contributed by atoms with Crippen molar-refractivity contribution >= 4 is 5.97 Å². The first kappa shape index (κ1) is 15.3. The van der Waals surface area contributed by atoms with E-state index in [1.54, 1.807) is 0 Å². The summed E-state index contributed by atoms with van der Waals surface area (Å²) in [6.07, 6.45) is 2.19. The number of carbonyl (C=O) groups is 1. The first-order valence-electron chi connectivity index (χ1n) is 5.59. The van der Waals surface area contributed by atoms with E-state index in [9.17, 15) is 4.79 Å². The normalized spacial score (nSPS) is 10.5. The Hall–Kier alpha value is -1.71. The predicted octanol–water partition coefficient (Wildman–Crippen LogP) is 3.26. The van der Waals surface area contributed by atoms with Crippen LogP contribution in [0.5, 0.6) is 0 Å². The van der Waals surface area contributed by atoms with Crippen LogP contribution in [0.15, 0.2) is 30.0 Å². The third-order valence-electron chi connectivity index (χ3n) is 2.61. The van der Waals surface area contributed by atoms with Gasteiger partial charge in [-0.15, -0.1) is 17.6 Å². The van der Waals surface area contributed by atoms with Crippen LogP contribution in [0, 0.1) is 17.8 Å². The van der Waals surface area contributed by atoms with Crippen LogP contribution >= 0.6 is 0 Å². The monoisotopic (exact) mass is 232 g/mol. The van der Waals surface area contributed by atoms with Gasteiger partial charge in [-0.1, -0.05) is 18.7 Å². The SMILES string of the molecule is C=C=C(CC[C@H](CC#CC)C(=C)C)C(=O)OC. The Morgan fingerprint density at radius 1 is 1.47 bits per heavy atom. The molecule has 2 heteroatoms. The lowest BCUT2D eigenvalue weighted by Gasteiger charge is -2.13. The Labute approximate surface area is 104 Å². The number of ether oxygens (including phenoxy) is 1. The number of hydrogen-bond acceptors (Lipinski definition) is 2. The first-order chi connectivity index (χ1) is 8.06. The average molecular weight is 232 g/mol. The summed E-state index contributed by atoms with van der Waals surface area (Å²) in [5.41, 5.74) is 4.20. The summed E-state index contributed by atoms with van der Waals surface area (Å²) in [5.74, 6) is 5.86. The molecule has 0 fully saturated rings. The van der Waals surface area contributed by atoms with Crippen LogP contribution in [0.1, 0.15) is 33.1 Å². The van der Waals surface area contributed by atoms with Gasteiger partial charge in [0, 0.05) is 6.42 Å². The Morgan fingerprint density at radius 3 is 2.53 bits per heavy atom. The molecule has 0 radical (unpaired) electrons. The van der Waals surface area contributed by atoms with E-state index in [2.05, 4.69) is 35.5 Å². The third-order valence-corrected chi connectivity index (χ3v) is 2.61. The smallest absolute Gasteiger partial charge is 0.341 e. The zero-order chi connectivity index (χ0) is 13.3. The standard InChI is InChI=1S/C15H20O2/c1-6-8-9-14(12(3)4)11-10-13(7-2)15(16)17-5/h14H,2-3,9-11H2,1,4-5H3/t14-/m0/s1. The van der Waals surface area contributed by atoms with Crippen LogP contribution in [0.2, 0.25) is 0 Å². The topological polar surface area (TPSA) is 26.3 Å². The van der Waals surface area contributed by atoms with Crippen LogP contribution < -0.4 is 0 Å². The third kappa shape index (κ3) is 5.80. The van der Waals surface area contributed by atoms with E-state index in [4.69, 9.17) is 0 Å². The molecule has 0 rings (SSSR count). The van der Waals surface area contributed by atoms with Crippen molar-refractivity contribution < 1.29 is 9.53 Å². The Morgan fingerprint density at radius 2 is 2.12 bits per heavy atom. The van der Waals surface area contributed by atoms with Gasteiger partial charge in [0.15, 0.2) is 0 Å². The minimum absolute atomic E-state index is 0.301. The summed E-state index contributed by atoms with van der Waals surface area (Å²) >= 11 is 0. The largest absolute Gasteiger partial charge is 0.465 e. The maximum Gasteiger partial charge on any atom is 0.341 e. The molecule has 0 N–H and O–H groups in total. The molecule has 0 aromatic carbocycles. The molecule has 0 spiro atoms. The Balaban J connectivity index is 4.47. The lowest BCUT2D eigenvalue weighted by molar-refractivity contribution is -0.136. The molecule has 0 aromatic rings. The zero-order valence-corrected chi connectivity index (χ0v) is 10.9. The fourth-order valence-corrected chi connectivity index (χ4v) is 1.45. The van der Waals surface area contributed by atoms with Gasteiger partial charge in [-0.25, -0.2) is 4.79 Å².